The fourth-order valence-electron chi connectivity index (χ4n) is 6.09. The highest BCUT2D eigenvalue weighted by Crippen LogP contribution is 2.41. The van der Waals surface area contributed by atoms with Crippen LogP contribution in [0.3, 0.4) is 0 Å². The van der Waals surface area contributed by atoms with Gasteiger partial charge in [-0.25, -0.2) is 8.78 Å². The standard InChI is InChI=1S/C30H39F3O2/c1-3-5-20-6-10-23(11-7-20)26-16-17-28(30(33)29(26)32)35-19-21-8-12-22(13-9-21)25-15-14-24(34-4-2)18-27(25)31/h14-18,20-23H,3-13,19H2,1-2H3. The van der Waals surface area contributed by atoms with Crippen LogP contribution in [0.4, 0.5) is 13.2 Å². The first-order valence-corrected chi connectivity index (χ1v) is 13.5. The Balaban J connectivity index is 1.28. The van der Waals surface area contributed by atoms with Gasteiger partial charge in [0.2, 0.25) is 5.82 Å². The van der Waals surface area contributed by atoms with E-state index in [1.807, 2.05) is 19.1 Å². The summed E-state index contributed by atoms with van der Waals surface area (Å²) in [7, 11) is 0. The van der Waals surface area contributed by atoms with Crippen LogP contribution in [0.1, 0.15) is 101 Å². The number of ether oxygens (including phenoxy) is 2. The van der Waals surface area contributed by atoms with Gasteiger partial charge in [-0.05, 0) is 105 Å². The minimum Gasteiger partial charge on any atom is -0.494 e. The first kappa shape index (κ1) is 25.9. The van der Waals surface area contributed by atoms with Gasteiger partial charge in [0.15, 0.2) is 11.6 Å². The maximum atomic E-state index is 14.9. The van der Waals surface area contributed by atoms with Gasteiger partial charge in [0, 0.05) is 6.07 Å². The SMILES string of the molecule is CCCC1CCC(c2ccc(OCC3CCC(c4ccc(OCC)cc4F)CC3)c(F)c2F)CC1. The zero-order valence-corrected chi connectivity index (χ0v) is 21.1. The Labute approximate surface area is 208 Å². The summed E-state index contributed by atoms with van der Waals surface area (Å²) < 4.78 is 55.4. The summed E-state index contributed by atoms with van der Waals surface area (Å²) in [5.41, 5.74) is 1.24. The van der Waals surface area contributed by atoms with E-state index in [2.05, 4.69) is 6.92 Å². The van der Waals surface area contributed by atoms with Gasteiger partial charge in [-0.15, -0.1) is 0 Å². The molecule has 0 unspecified atom stereocenters. The minimum absolute atomic E-state index is 0.00519. The van der Waals surface area contributed by atoms with E-state index in [0.29, 0.717) is 24.5 Å². The summed E-state index contributed by atoms with van der Waals surface area (Å²) in [6, 6.07) is 8.45. The summed E-state index contributed by atoms with van der Waals surface area (Å²) in [5.74, 6) is 0.00555. The molecule has 5 heteroatoms. The Bertz CT molecular complexity index is 960. The lowest BCUT2D eigenvalue weighted by atomic mass is 9.77. The topological polar surface area (TPSA) is 18.5 Å². The molecule has 4 rings (SSSR count). The molecule has 2 aliphatic carbocycles. The van der Waals surface area contributed by atoms with Gasteiger partial charge in [0.25, 0.3) is 0 Å². The average Bonchev–Trinajstić information content (AvgIpc) is 2.87. The van der Waals surface area contributed by atoms with Crippen molar-refractivity contribution < 1.29 is 22.6 Å². The molecular weight excluding hydrogens is 449 g/mol. The van der Waals surface area contributed by atoms with Crippen molar-refractivity contribution in [2.45, 2.75) is 89.9 Å². The van der Waals surface area contributed by atoms with Gasteiger partial charge in [-0.2, -0.15) is 4.39 Å². The second kappa shape index (κ2) is 12.2. The third kappa shape index (κ3) is 6.34. The highest BCUT2D eigenvalue weighted by Gasteiger charge is 2.28. The number of hydrogen-bond acceptors (Lipinski definition) is 2. The number of benzene rings is 2. The Morgan fingerprint density at radius 1 is 0.714 bits per heavy atom. The molecule has 0 saturated heterocycles. The summed E-state index contributed by atoms with van der Waals surface area (Å²) in [6.07, 6.45) is 9.94. The highest BCUT2D eigenvalue weighted by molar-refractivity contribution is 5.34. The van der Waals surface area contributed by atoms with E-state index in [1.165, 1.54) is 18.9 Å². The third-order valence-electron chi connectivity index (χ3n) is 8.10. The normalized spacial score (nSPS) is 24.8. The minimum atomic E-state index is -0.858. The maximum Gasteiger partial charge on any atom is 0.200 e. The molecule has 0 radical (unpaired) electrons. The number of halogens is 3. The lowest BCUT2D eigenvalue weighted by molar-refractivity contribution is 0.191. The molecule has 0 aromatic heterocycles. The Hall–Kier alpha value is -2.17. The van der Waals surface area contributed by atoms with Crippen molar-refractivity contribution in [3.8, 4) is 11.5 Å². The summed E-state index contributed by atoms with van der Waals surface area (Å²) in [4.78, 5) is 0. The molecule has 2 nitrogen and oxygen atoms in total. The van der Waals surface area contributed by atoms with Crippen LogP contribution in [0.15, 0.2) is 30.3 Å². The van der Waals surface area contributed by atoms with Crippen molar-refractivity contribution >= 4 is 0 Å². The van der Waals surface area contributed by atoms with Crippen LogP contribution in [0, 0.1) is 29.3 Å². The van der Waals surface area contributed by atoms with Crippen molar-refractivity contribution in [1.82, 2.24) is 0 Å². The van der Waals surface area contributed by atoms with Crippen molar-refractivity contribution in [1.29, 1.82) is 0 Å². The summed E-state index contributed by atoms with van der Waals surface area (Å²) in [5, 5.41) is 0. The Kier molecular flexibility index (Phi) is 9.02. The van der Waals surface area contributed by atoms with Gasteiger partial charge in [-0.3, -0.25) is 0 Å². The predicted octanol–water partition coefficient (Wildman–Crippen LogP) is 8.93. The largest absolute Gasteiger partial charge is 0.494 e. The molecule has 2 fully saturated rings. The Morgan fingerprint density at radius 3 is 1.97 bits per heavy atom. The van der Waals surface area contributed by atoms with E-state index in [0.717, 1.165) is 62.8 Å². The molecule has 192 valence electrons. The first-order chi connectivity index (χ1) is 17.0. The second-order valence-electron chi connectivity index (χ2n) is 10.4. The number of hydrogen-bond donors (Lipinski definition) is 0. The van der Waals surface area contributed by atoms with E-state index in [9.17, 15) is 13.2 Å². The molecule has 0 bridgehead atoms. The van der Waals surface area contributed by atoms with Gasteiger partial charge in [-0.1, -0.05) is 31.9 Å². The van der Waals surface area contributed by atoms with Gasteiger partial charge < -0.3 is 9.47 Å². The van der Waals surface area contributed by atoms with Crippen LogP contribution in [-0.4, -0.2) is 13.2 Å². The van der Waals surface area contributed by atoms with Crippen molar-refractivity contribution in [2.24, 2.45) is 11.8 Å². The van der Waals surface area contributed by atoms with Gasteiger partial charge in [0.1, 0.15) is 11.6 Å². The third-order valence-corrected chi connectivity index (χ3v) is 8.10. The predicted molar refractivity (Wildman–Crippen MR) is 134 cm³/mol. The Morgan fingerprint density at radius 2 is 1.34 bits per heavy atom. The molecule has 2 saturated carbocycles. The zero-order chi connectivity index (χ0) is 24.8. The van der Waals surface area contributed by atoms with Crippen molar-refractivity contribution in [3.05, 3.63) is 58.9 Å². The molecule has 0 amide bonds. The molecule has 2 aliphatic rings. The van der Waals surface area contributed by atoms with Gasteiger partial charge >= 0.3 is 0 Å². The van der Waals surface area contributed by atoms with E-state index >= 15 is 0 Å². The molecule has 0 N–H and O–H groups in total. The molecule has 0 atom stereocenters. The zero-order valence-electron chi connectivity index (χ0n) is 21.1. The monoisotopic (exact) mass is 488 g/mol. The average molecular weight is 489 g/mol. The van der Waals surface area contributed by atoms with E-state index in [-0.39, 0.29) is 29.3 Å². The smallest absolute Gasteiger partial charge is 0.200 e. The van der Waals surface area contributed by atoms with Crippen LogP contribution >= 0.6 is 0 Å². The molecule has 0 aliphatic heterocycles. The van der Waals surface area contributed by atoms with E-state index < -0.39 is 11.6 Å². The van der Waals surface area contributed by atoms with Crippen molar-refractivity contribution in [3.63, 3.8) is 0 Å². The van der Waals surface area contributed by atoms with E-state index in [4.69, 9.17) is 9.47 Å². The lowest BCUT2D eigenvalue weighted by Crippen LogP contribution is -2.20. The highest BCUT2D eigenvalue weighted by atomic mass is 19.2. The van der Waals surface area contributed by atoms with Crippen molar-refractivity contribution in [2.75, 3.05) is 13.2 Å². The molecule has 0 spiro atoms. The lowest BCUT2D eigenvalue weighted by Gasteiger charge is -2.30. The molecule has 2 aromatic carbocycles. The van der Waals surface area contributed by atoms with Crippen LogP contribution in [0.2, 0.25) is 0 Å². The fraction of sp³-hybridized carbons (Fsp3) is 0.600. The summed E-state index contributed by atoms with van der Waals surface area (Å²) in [6.45, 7) is 4.95. The first-order valence-electron chi connectivity index (χ1n) is 13.5. The van der Waals surface area contributed by atoms with Crippen LogP contribution in [0.5, 0.6) is 11.5 Å². The quantitative estimate of drug-likeness (QED) is 0.351. The maximum absolute atomic E-state index is 14.9. The molecule has 35 heavy (non-hydrogen) atoms. The molecule has 0 heterocycles. The fourth-order valence-corrected chi connectivity index (χ4v) is 6.09. The number of rotatable bonds is 9. The van der Waals surface area contributed by atoms with Gasteiger partial charge in [0.05, 0.1) is 13.2 Å². The summed E-state index contributed by atoms with van der Waals surface area (Å²) >= 11 is 0. The van der Waals surface area contributed by atoms with E-state index in [1.54, 1.807) is 12.1 Å². The van der Waals surface area contributed by atoms with Crippen LogP contribution in [0.25, 0.3) is 0 Å². The molecule has 2 aromatic rings. The second-order valence-corrected chi connectivity index (χ2v) is 10.4. The van der Waals surface area contributed by atoms with Crippen LogP contribution < -0.4 is 9.47 Å². The molecular formula is C30H39F3O2. The van der Waals surface area contributed by atoms with Crippen LogP contribution in [-0.2, 0) is 0 Å².